The van der Waals surface area contributed by atoms with Crippen LogP contribution >= 0.6 is 0 Å². The molecule has 0 spiro atoms. The molecule has 4 aromatic heterocycles. The number of aromatic amines is 4. The predicted octanol–water partition coefficient (Wildman–Crippen LogP) is 20.2. The van der Waals surface area contributed by atoms with E-state index >= 15 is 0 Å². The molecule has 560 valence electrons. The average molecular weight is 1430 g/mol. The minimum absolute atomic E-state index is 0.340. The van der Waals surface area contributed by atoms with Gasteiger partial charge in [-0.1, -0.05) is 232 Å². The molecular weight excluding hydrogens is 1310 g/mol. The van der Waals surface area contributed by atoms with E-state index < -0.39 is 0 Å². The van der Waals surface area contributed by atoms with E-state index in [1.165, 1.54) is 89.1 Å². The maximum absolute atomic E-state index is 6.23. The van der Waals surface area contributed by atoms with Gasteiger partial charge >= 0.3 is 0 Å². The molecule has 0 unspecified atom stereocenters. The summed E-state index contributed by atoms with van der Waals surface area (Å²) in [5.74, 6) is 2.81. The third kappa shape index (κ3) is 14.5. The van der Waals surface area contributed by atoms with Gasteiger partial charge in [0.2, 0.25) is 0 Å². The SMILES string of the molecule is CC1=C(CC(C)C)C2=NC1=C1N=C(C(CC(C)C)=C1C)C(c1ccccc1)=c1[nH]c(c(CC(C)C)c1C)=C1N=C(C(C)=C1CC(C)C)C(c1ccccc1)=c1[nH]c(c(C)c1CC(C)C)=c1[nH]c(c(CC(C)C)c1C)=C(c1ccccc1)C1=NC(=c3[nH]c(c(C)c3CC(C)C)=C2c2ccccc2)C(CC(C)C)=C1C. The van der Waals surface area contributed by atoms with Crippen molar-refractivity contribution in [2.75, 3.05) is 0 Å². The number of H-pyrrole nitrogens is 4. The van der Waals surface area contributed by atoms with E-state index in [4.69, 9.17) is 20.0 Å². The van der Waals surface area contributed by atoms with Gasteiger partial charge in [-0.2, -0.15) is 0 Å². The number of hydrogen-bond donors (Lipinski definition) is 4. The quantitative estimate of drug-likeness (QED) is 0.0583. The molecule has 0 aliphatic carbocycles. The Morgan fingerprint density at radius 2 is 0.444 bits per heavy atom. The molecule has 5 aliphatic rings. The molecule has 0 atom stereocenters. The van der Waals surface area contributed by atoms with Crippen LogP contribution in [0.1, 0.15) is 231 Å². The molecule has 0 saturated carbocycles. The van der Waals surface area contributed by atoms with Crippen LogP contribution in [0, 0.1) is 85.7 Å². The van der Waals surface area contributed by atoms with Crippen LogP contribution in [0.2, 0.25) is 0 Å². The van der Waals surface area contributed by atoms with Crippen molar-refractivity contribution in [2.45, 2.75) is 218 Å². The molecule has 0 radical (unpaired) electrons. The summed E-state index contributed by atoms with van der Waals surface area (Å²) >= 11 is 0. The van der Waals surface area contributed by atoms with Crippen molar-refractivity contribution in [1.29, 1.82) is 0 Å². The van der Waals surface area contributed by atoms with Gasteiger partial charge in [-0.15, -0.1) is 0 Å². The lowest BCUT2D eigenvalue weighted by molar-refractivity contribution is 0.641. The second-order valence-electron chi connectivity index (χ2n) is 35.3. The number of aromatic nitrogens is 4. The Hall–Kier alpha value is -9.40. The van der Waals surface area contributed by atoms with Crippen LogP contribution in [-0.2, 0) is 25.7 Å². The molecular formula is C100H120N8. The molecule has 4 N–H and O–H groups in total. The van der Waals surface area contributed by atoms with Gasteiger partial charge in [0, 0.05) is 22.3 Å². The molecule has 8 aromatic rings. The van der Waals surface area contributed by atoms with Gasteiger partial charge < -0.3 is 19.9 Å². The number of nitrogens with zero attached hydrogens (tertiary/aromatic N) is 4. The molecule has 13 rings (SSSR count). The van der Waals surface area contributed by atoms with Crippen molar-refractivity contribution < 1.29 is 0 Å². The highest BCUT2D eigenvalue weighted by Crippen LogP contribution is 2.44. The molecule has 9 heterocycles. The zero-order valence-corrected chi connectivity index (χ0v) is 69.6. The average Bonchev–Trinajstić information content (AvgIpc) is 1.58. The van der Waals surface area contributed by atoms with Crippen LogP contribution in [0.5, 0.6) is 0 Å². The summed E-state index contributed by atoms with van der Waals surface area (Å²) in [4.78, 5) is 42.2. The topological polar surface area (TPSA) is 113 Å². The van der Waals surface area contributed by atoms with Crippen molar-refractivity contribution in [2.24, 2.45) is 67.3 Å². The summed E-state index contributed by atoms with van der Waals surface area (Å²) in [5, 5.41) is 8.88. The fourth-order valence-corrected chi connectivity index (χ4v) is 17.8. The maximum atomic E-state index is 6.23. The van der Waals surface area contributed by atoms with E-state index in [0.29, 0.717) is 47.3 Å². The van der Waals surface area contributed by atoms with Crippen LogP contribution in [0.4, 0.5) is 0 Å². The van der Waals surface area contributed by atoms with Crippen molar-refractivity contribution in [3.8, 4) is 0 Å². The van der Waals surface area contributed by atoms with Gasteiger partial charge in [-0.05, 0) is 265 Å². The standard InChI is InChI=1S/C100H120N8/c1-53(2)45-73-65(21)89-90-66(22)74(46-54(3)4)94(106-90)82(70-39-31-26-32-40-70)86-63(19)79(51-59(13)14)99(103-86)100-80(52-60(15)16)64(20)88(104-100)84(72-43-35-28-36-44-72)96-76(48-56(7)8)68(24)92(108-96)91-67(23)75(47-55(5)6)95(107-91)83(71-41-33-27-34-42-71)87-62(18)78(50-58(11)12)98(102-87)97-77(49-57(9)10)61(17)85(101-97)81(93(73)105-89)69-37-29-25-30-38-69/h25-44,53-60,101,103,107-108H,45-52H2,1-24H3. The second kappa shape index (κ2) is 31.3. The zero-order chi connectivity index (χ0) is 77.2. The largest absolute Gasteiger partial charge is 0.353 e. The fourth-order valence-electron chi connectivity index (χ4n) is 17.8. The van der Waals surface area contributed by atoms with Crippen molar-refractivity contribution in [3.63, 3.8) is 0 Å². The predicted molar refractivity (Wildman–Crippen MR) is 460 cm³/mol. The lowest BCUT2D eigenvalue weighted by Crippen LogP contribution is -2.22. The third-order valence-electron chi connectivity index (χ3n) is 22.8. The maximum Gasteiger partial charge on any atom is 0.0929 e. The highest BCUT2D eigenvalue weighted by atomic mass is 14.9. The lowest BCUT2D eigenvalue weighted by atomic mass is 9.87. The Balaban J connectivity index is 1.34. The molecule has 108 heavy (non-hydrogen) atoms. The highest BCUT2D eigenvalue weighted by Gasteiger charge is 2.37. The molecule has 0 amide bonds. The molecule has 5 aliphatic heterocycles. The number of rotatable bonds is 20. The normalized spacial score (nSPS) is 15.9. The van der Waals surface area contributed by atoms with E-state index in [1.807, 2.05) is 0 Å². The van der Waals surface area contributed by atoms with Crippen LogP contribution in [-0.4, -0.2) is 42.8 Å². The number of nitrogens with one attached hydrogen (secondary N) is 4. The summed E-state index contributed by atoms with van der Waals surface area (Å²) in [7, 11) is 0. The summed E-state index contributed by atoms with van der Waals surface area (Å²) in [6.07, 6.45) is 6.90. The van der Waals surface area contributed by atoms with Gasteiger partial charge in [-0.3, -0.25) is 0 Å². The molecule has 0 fully saturated rings. The van der Waals surface area contributed by atoms with E-state index in [0.717, 1.165) is 184 Å². The van der Waals surface area contributed by atoms with Gasteiger partial charge in [-0.25, -0.2) is 20.0 Å². The molecule has 8 heteroatoms. The Morgan fingerprint density at radius 3 is 0.713 bits per heavy atom. The zero-order valence-electron chi connectivity index (χ0n) is 69.6. The minimum Gasteiger partial charge on any atom is -0.353 e. The summed E-state index contributed by atoms with van der Waals surface area (Å²) in [6, 6.07) is 44.6. The number of fused-ring (bicyclic) bond motifs is 12. The first-order valence-electron chi connectivity index (χ1n) is 40.8. The van der Waals surface area contributed by atoms with Crippen LogP contribution in [0.3, 0.4) is 0 Å². The highest BCUT2D eigenvalue weighted by molar-refractivity contribution is 6.37. The number of benzene rings is 4. The minimum atomic E-state index is 0.340. The Morgan fingerprint density at radius 1 is 0.222 bits per heavy atom. The van der Waals surface area contributed by atoms with Crippen LogP contribution in [0.15, 0.2) is 197 Å². The van der Waals surface area contributed by atoms with E-state index in [-0.39, 0.29) is 0 Å². The van der Waals surface area contributed by atoms with Crippen molar-refractivity contribution in [1.82, 2.24) is 19.9 Å². The molecule has 0 saturated heterocycles. The molecule has 16 bridgehead atoms. The first-order valence-corrected chi connectivity index (χ1v) is 40.8. The van der Waals surface area contributed by atoms with Crippen molar-refractivity contribution in [3.05, 3.63) is 287 Å². The van der Waals surface area contributed by atoms with Crippen molar-refractivity contribution >= 4 is 56.5 Å². The number of hydrogen-bond acceptors (Lipinski definition) is 4. The Labute approximate surface area is 644 Å². The molecule has 8 nitrogen and oxygen atoms in total. The second-order valence-corrected chi connectivity index (χ2v) is 35.3. The van der Waals surface area contributed by atoms with Gasteiger partial charge in [0.25, 0.3) is 0 Å². The van der Waals surface area contributed by atoms with Gasteiger partial charge in [0.1, 0.15) is 0 Å². The van der Waals surface area contributed by atoms with E-state index in [1.54, 1.807) is 0 Å². The third-order valence-corrected chi connectivity index (χ3v) is 22.8. The number of aliphatic imine (C=N–C) groups is 4. The first kappa shape index (κ1) is 76.8. The Kier molecular flexibility index (Phi) is 22.2. The lowest BCUT2D eigenvalue weighted by Gasteiger charge is -2.15. The van der Waals surface area contributed by atoms with Gasteiger partial charge in [0.05, 0.1) is 88.4 Å². The van der Waals surface area contributed by atoms with Gasteiger partial charge in [0.15, 0.2) is 0 Å². The first-order chi connectivity index (χ1) is 51.5. The van der Waals surface area contributed by atoms with Crippen LogP contribution in [0.25, 0.3) is 33.7 Å². The Bertz CT molecular complexity index is 5360. The number of allylic oxidation sites excluding steroid dienone is 6. The monoisotopic (exact) mass is 1430 g/mol. The van der Waals surface area contributed by atoms with E-state index in [2.05, 4.69) is 307 Å². The van der Waals surface area contributed by atoms with E-state index in [9.17, 15) is 0 Å². The smallest absolute Gasteiger partial charge is 0.0929 e. The summed E-state index contributed by atoms with van der Waals surface area (Å²) < 4.78 is 0. The summed E-state index contributed by atoms with van der Waals surface area (Å²) in [5.41, 5.74) is 37.2. The fraction of sp³-hybridized carbons (Fsp3) is 0.400. The summed E-state index contributed by atoms with van der Waals surface area (Å²) in [6.45, 7) is 56.7. The molecule has 4 aromatic carbocycles. The van der Waals surface area contributed by atoms with Crippen LogP contribution < -0.4 is 32.1 Å².